The van der Waals surface area contributed by atoms with Crippen LogP contribution in [0.5, 0.6) is 0 Å². The Morgan fingerprint density at radius 1 is 1.29 bits per heavy atom. The number of rotatable bonds is 4. The van der Waals surface area contributed by atoms with Crippen LogP contribution >= 0.6 is 0 Å². The smallest absolute Gasteiger partial charge is 0.160 e. The van der Waals surface area contributed by atoms with Crippen LogP contribution in [-0.4, -0.2) is 18.4 Å². The first-order valence-corrected chi connectivity index (χ1v) is 9.29. The van der Waals surface area contributed by atoms with E-state index in [1.54, 1.807) is 0 Å². The summed E-state index contributed by atoms with van der Waals surface area (Å²) in [5, 5.41) is 6.82. The number of allylic oxidation sites excluding steroid dienone is 1. The van der Waals surface area contributed by atoms with E-state index in [1.807, 2.05) is 13.1 Å². The first-order valence-electron chi connectivity index (χ1n) is 9.29. The highest BCUT2D eigenvalue weighted by molar-refractivity contribution is 5.98. The summed E-state index contributed by atoms with van der Waals surface area (Å²) in [5.41, 5.74) is 4.78. The summed E-state index contributed by atoms with van der Waals surface area (Å²) in [5.74, 6) is 0.530. The second-order valence-electron chi connectivity index (χ2n) is 8.00. The molecule has 0 radical (unpaired) electrons. The van der Waals surface area contributed by atoms with Crippen LogP contribution in [0, 0.1) is 5.92 Å². The third-order valence-corrected chi connectivity index (χ3v) is 5.24. The van der Waals surface area contributed by atoms with E-state index < -0.39 is 0 Å². The third kappa shape index (κ3) is 3.89. The van der Waals surface area contributed by atoms with Gasteiger partial charge in [0.2, 0.25) is 0 Å². The van der Waals surface area contributed by atoms with Gasteiger partial charge in [0.1, 0.15) is 0 Å². The van der Waals surface area contributed by atoms with Gasteiger partial charge in [0.15, 0.2) is 5.78 Å². The molecule has 1 aromatic rings. The molecule has 2 aliphatic rings. The van der Waals surface area contributed by atoms with Gasteiger partial charge in [-0.2, -0.15) is 0 Å². The van der Waals surface area contributed by atoms with Crippen molar-refractivity contribution < 1.29 is 4.79 Å². The van der Waals surface area contributed by atoms with Crippen LogP contribution in [0.2, 0.25) is 0 Å². The molecule has 1 heterocycles. The van der Waals surface area contributed by atoms with Crippen molar-refractivity contribution in [3.63, 3.8) is 0 Å². The van der Waals surface area contributed by atoms with Gasteiger partial charge in [0.25, 0.3) is 0 Å². The maximum atomic E-state index is 12.8. The summed E-state index contributed by atoms with van der Waals surface area (Å²) < 4.78 is 0. The fraction of sp³-hybridized carbons (Fsp3) is 0.571. The summed E-state index contributed by atoms with van der Waals surface area (Å²) in [7, 11) is 1.96. The molecule has 0 spiro atoms. The summed E-state index contributed by atoms with van der Waals surface area (Å²) in [6.45, 7) is 5.26. The molecule has 2 N–H and O–H groups in total. The monoisotopic (exact) mass is 326 g/mol. The molecule has 3 heteroatoms. The number of nitrogens with one attached hydrogen (secondary N) is 2. The second-order valence-corrected chi connectivity index (χ2v) is 8.00. The maximum absolute atomic E-state index is 12.8. The molecule has 0 unspecified atom stereocenters. The van der Waals surface area contributed by atoms with E-state index in [4.69, 9.17) is 0 Å². The molecule has 1 saturated carbocycles. The number of ketones is 1. The van der Waals surface area contributed by atoms with Gasteiger partial charge in [-0.3, -0.25) is 4.79 Å². The average molecular weight is 326 g/mol. The Morgan fingerprint density at radius 2 is 2.04 bits per heavy atom. The predicted molar refractivity (Wildman–Crippen MR) is 99.7 cm³/mol. The Balaban J connectivity index is 1.92. The quantitative estimate of drug-likeness (QED) is 0.827. The van der Waals surface area contributed by atoms with Gasteiger partial charge in [-0.05, 0) is 57.4 Å². The van der Waals surface area contributed by atoms with Gasteiger partial charge in [0.05, 0.1) is 0 Å². The minimum absolute atomic E-state index is 0.0177. The maximum Gasteiger partial charge on any atom is 0.160 e. The van der Waals surface area contributed by atoms with Crippen molar-refractivity contribution in [2.75, 3.05) is 7.05 Å². The molecule has 0 aromatic heterocycles. The Bertz CT molecular complexity index is 639. The number of carbonyl (C=O) groups excluding carboxylic acids is 1. The highest BCUT2D eigenvalue weighted by Gasteiger charge is 2.29. The number of benzene rings is 1. The van der Waals surface area contributed by atoms with Crippen molar-refractivity contribution in [1.82, 2.24) is 10.6 Å². The first kappa shape index (κ1) is 17.2. The Kier molecular flexibility index (Phi) is 5.09. The average Bonchev–Trinajstić information content (AvgIpc) is 2.55. The molecule has 1 fully saturated rings. The largest absolute Gasteiger partial charge is 0.379 e. The van der Waals surface area contributed by atoms with Crippen molar-refractivity contribution in [2.45, 2.75) is 64.5 Å². The molecule has 0 amide bonds. The van der Waals surface area contributed by atoms with Crippen LogP contribution in [-0.2, 0) is 17.8 Å². The topological polar surface area (TPSA) is 41.1 Å². The number of fused-ring (bicyclic) bond motifs is 1. The predicted octanol–water partition coefficient (Wildman–Crippen LogP) is 3.82. The molecule has 3 nitrogen and oxygen atoms in total. The standard InChI is InChI=1S/C21H30N2O/c1-21(2)13-17-10-9-15(14-22-3)11-18(17)19(23-21)12-20(24)16-7-5-4-6-8-16/h9-12,16,22-23H,4-8,13-14H2,1-3H3/b19-12-. The van der Waals surface area contributed by atoms with Gasteiger partial charge in [0, 0.05) is 35.3 Å². The Labute approximate surface area is 145 Å². The summed E-state index contributed by atoms with van der Waals surface area (Å²) in [6, 6.07) is 6.65. The highest BCUT2D eigenvalue weighted by Crippen LogP contribution is 2.32. The van der Waals surface area contributed by atoms with Crippen molar-refractivity contribution in [1.29, 1.82) is 0 Å². The fourth-order valence-electron chi connectivity index (χ4n) is 4.06. The normalized spacial score (nSPS) is 22.0. The van der Waals surface area contributed by atoms with Crippen LogP contribution in [0.25, 0.3) is 5.70 Å². The molecule has 1 aromatic carbocycles. The van der Waals surface area contributed by atoms with Crippen LogP contribution in [0.4, 0.5) is 0 Å². The van der Waals surface area contributed by atoms with Crippen LogP contribution in [0.15, 0.2) is 24.3 Å². The molecular weight excluding hydrogens is 296 g/mol. The highest BCUT2D eigenvalue weighted by atomic mass is 16.1. The van der Waals surface area contributed by atoms with E-state index in [0.717, 1.165) is 31.5 Å². The molecule has 1 aliphatic carbocycles. The van der Waals surface area contributed by atoms with E-state index in [1.165, 1.54) is 36.0 Å². The van der Waals surface area contributed by atoms with Gasteiger partial charge in [-0.1, -0.05) is 31.4 Å². The van der Waals surface area contributed by atoms with Crippen molar-refractivity contribution in [3.8, 4) is 0 Å². The first-order chi connectivity index (χ1) is 11.5. The van der Waals surface area contributed by atoms with Crippen LogP contribution in [0.1, 0.15) is 62.6 Å². The van der Waals surface area contributed by atoms with Gasteiger partial charge in [-0.25, -0.2) is 0 Å². The zero-order valence-electron chi connectivity index (χ0n) is 15.2. The molecule has 0 atom stereocenters. The van der Waals surface area contributed by atoms with Crippen LogP contribution in [0.3, 0.4) is 0 Å². The van der Waals surface area contributed by atoms with Crippen molar-refractivity contribution in [2.24, 2.45) is 5.92 Å². The Hall–Kier alpha value is -1.61. The summed E-state index contributed by atoms with van der Waals surface area (Å²) >= 11 is 0. The van der Waals surface area contributed by atoms with E-state index >= 15 is 0 Å². The third-order valence-electron chi connectivity index (χ3n) is 5.24. The van der Waals surface area contributed by atoms with E-state index in [9.17, 15) is 4.79 Å². The molecule has 1 aliphatic heterocycles. The second kappa shape index (κ2) is 7.10. The van der Waals surface area contributed by atoms with Crippen molar-refractivity contribution >= 4 is 11.5 Å². The van der Waals surface area contributed by atoms with Crippen molar-refractivity contribution in [3.05, 3.63) is 41.0 Å². The van der Waals surface area contributed by atoms with Crippen LogP contribution < -0.4 is 10.6 Å². The number of hydrogen-bond donors (Lipinski definition) is 2. The van der Waals surface area contributed by atoms with E-state index in [-0.39, 0.29) is 11.5 Å². The lowest BCUT2D eigenvalue weighted by molar-refractivity contribution is -0.119. The fourth-order valence-corrected chi connectivity index (χ4v) is 4.06. The van der Waals surface area contributed by atoms with Gasteiger partial charge >= 0.3 is 0 Å². The molecular formula is C21H30N2O. The molecule has 0 saturated heterocycles. The molecule has 3 rings (SSSR count). The summed E-state index contributed by atoms with van der Waals surface area (Å²) in [6.07, 6.45) is 8.65. The van der Waals surface area contributed by atoms with Gasteiger partial charge < -0.3 is 10.6 Å². The minimum atomic E-state index is -0.0177. The number of hydrogen-bond acceptors (Lipinski definition) is 3. The molecule has 0 bridgehead atoms. The molecule has 24 heavy (non-hydrogen) atoms. The van der Waals surface area contributed by atoms with Gasteiger partial charge in [-0.15, -0.1) is 0 Å². The zero-order chi connectivity index (χ0) is 17.2. The van der Waals surface area contributed by atoms with E-state index in [0.29, 0.717) is 5.78 Å². The minimum Gasteiger partial charge on any atom is -0.379 e. The Morgan fingerprint density at radius 3 is 2.75 bits per heavy atom. The molecule has 130 valence electrons. The lowest BCUT2D eigenvalue weighted by atomic mass is 9.82. The lowest BCUT2D eigenvalue weighted by Crippen LogP contribution is -2.44. The summed E-state index contributed by atoms with van der Waals surface area (Å²) in [4.78, 5) is 12.8. The van der Waals surface area contributed by atoms with E-state index in [2.05, 4.69) is 42.7 Å². The SMILES string of the molecule is CNCc1ccc2c(c1)/C(=C/C(=O)C1CCCCC1)NC(C)(C)C2. The zero-order valence-corrected chi connectivity index (χ0v) is 15.2. The number of carbonyl (C=O) groups is 1. The lowest BCUT2D eigenvalue weighted by Gasteiger charge is -2.36.